The summed E-state index contributed by atoms with van der Waals surface area (Å²) in [7, 11) is -10.5. The molecule has 8 nitrogen and oxygen atoms in total. The van der Waals surface area contributed by atoms with Crippen molar-refractivity contribution in [2.75, 3.05) is 0 Å². The molecule has 0 aliphatic rings. The van der Waals surface area contributed by atoms with Crippen LogP contribution < -0.4 is 24.0 Å². The van der Waals surface area contributed by atoms with Crippen LogP contribution in [-0.2, 0) is 19.5 Å². The predicted molar refractivity (Wildman–Crippen MR) is 35.0 cm³/mol. The van der Waals surface area contributed by atoms with Gasteiger partial charge in [0, 0.05) is 0 Å². The van der Waals surface area contributed by atoms with E-state index < -0.39 is 18.1 Å². The zero-order valence-corrected chi connectivity index (χ0v) is 13.9. The van der Waals surface area contributed by atoms with Crippen molar-refractivity contribution in [3.8, 4) is 0 Å². The molecule has 0 fully saturated rings. The standard InChI is InChI=1S/Al.H3O4Si.O4Si.H3P.Zn/c;2*1-5(2,3)4;;/h;1-3H;;1H3;/q+3;-1;-4;;+2. The van der Waals surface area contributed by atoms with E-state index in [9.17, 15) is 0 Å². The molecule has 13 heteroatoms. The van der Waals surface area contributed by atoms with Gasteiger partial charge in [-0.3, -0.25) is 0 Å². The number of hydrogen-bond acceptors (Lipinski definition) is 8. The summed E-state index contributed by atoms with van der Waals surface area (Å²) in [6.07, 6.45) is 0. The van der Waals surface area contributed by atoms with Crippen molar-refractivity contribution >= 4 is 45.4 Å². The number of rotatable bonds is 0. The van der Waals surface area contributed by atoms with Gasteiger partial charge >= 0.3 is 45.9 Å². The molecular formula is H6AlO8PSi2Zn. The molecule has 72 valence electrons. The summed E-state index contributed by atoms with van der Waals surface area (Å²) in [4.78, 5) is 64.9. The molecule has 0 spiro atoms. The first-order chi connectivity index (χ1) is 4.00. The Morgan fingerprint density at radius 2 is 0.769 bits per heavy atom. The maximum absolute atomic E-state index is 8.91. The van der Waals surface area contributed by atoms with E-state index in [4.69, 9.17) is 38.4 Å². The van der Waals surface area contributed by atoms with Gasteiger partial charge in [-0.25, -0.2) is 0 Å². The van der Waals surface area contributed by atoms with Gasteiger partial charge in [0.05, 0.1) is 0 Å². The molecule has 3 N–H and O–H groups in total. The van der Waals surface area contributed by atoms with E-state index in [1.807, 2.05) is 0 Å². The Morgan fingerprint density at radius 1 is 0.769 bits per heavy atom. The quantitative estimate of drug-likeness (QED) is 0.291. The van der Waals surface area contributed by atoms with Gasteiger partial charge in [-0.1, -0.05) is 0 Å². The van der Waals surface area contributed by atoms with E-state index in [-0.39, 0.29) is 46.7 Å². The minimum atomic E-state index is -5.61. The molecule has 13 heavy (non-hydrogen) atoms. The molecule has 0 saturated carbocycles. The van der Waals surface area contributed by atoms with Gasteiger partial charge in [0.2, 0.25) is 0 Å². The summed E-state index contributed by atoms with van der Waals surface area (Å²) in [6.45, 7) is 0. The van der Waals surface area contributed by atoms with E-state index >= 15 is 0 Å². The minimum absolute atomic E-state index is 0. The Balaban J connectivity index is -0.0000000267. The summed E-state index contributed by atoms with van der Waals surface area (Å²) in [5.41, 5.74) is 0. The molecule has 0 amide bonds. The van der Waals surface area contributed by atoms with E-state index in [1.165, 1.54) is 0 Å². The van der Waals surface area contributed by atoms with Gasteiger partial charge in [0.1, 0.15) is 0 Å². The summed E-state index contributed by atoms with van der Waals surface area (Å²) < 4.78 is 0. The third-order valence-corrected chi connectivity index (χ3v) is 0. The molecule has 0 aromatic heterocycles. The molecule has 0 aromatic rings. The Morgan fingerprint density at radius 3 is 0.769 bits per heavy atom. The molecule has 0 radical (unpaired) electrons. The second-order valence-electron chi connectivity index (χ2n) is 1.07. The third-order valence-electron chi connectivity index (χ3n) is 0. The average molecular weight is 314 g/mol. The van der Waals surface area contributed by atoms with Crippen LogP contribution in [0, 0.1) is 0 Å². The second kappa shape index (κ2) is 11.8. The van der Waals surface area contributed by atoms with E-state index in [0.29, 0.717) is 0 Å². The molecule has 0 bridgehead atoms. The topological polar surface area (TPSA) is 176 Å². The van der Waals surface area contributed by atoms with Crippen LogP contribution in [0.25, 0.3) is 0 Å². The molecule has 0 heterocycles. The van der Waals surface area contributed by atoms with Crippen molar-refractivity contribution in [2.45, 2.75) is 0 Å². The molecule has 1 unspecified atom stereocenters. The molecule has 0 aliphatic carbocycles. The van der Waals surface area contributed by atoms with Crippen LogP contribution in [0.15, 0.2) is 0 Å². The zero-order chi connectivity index (χ0) is 9.00. The van der Waals surface area contributed by atoms with Crippen LogP contribution in [0.5, 0.6) is 0 Å². The van der Waals surface area contributed by atoms with Gasteiger partial charge in [-0.2, -0.15) is 9.90 Å². The first-order valence-electron chi connectivity index (χ1n) is 1.69. The van der Waals surface area contributed by atoms with Crippen molar-refractivity contribution in [3.63, 3.8) is 0 Å². The predicted octanol–water partition coefficient (Wildman–Crippen LogP) is -8.70. The van der Waals surface area contributed by atoms with Crippen molar-refractivity contribution in [2.24, 2.45) is 0 Å². The Hall–Kier alpha value is 1.70. The third kappa shape index (κ3) is 649. The monoisotopic (exact) mass is 312 g/mol. The van der Waals surface area contributed by atoms with Crippen LogP contribution in [0.1, 0.15) is 0 Å². The van der Waals surface area contributed by atoms with Crippen LogP contribution in [-0.4, -0.2) is 49.8 Å². The van der Waals surface area contributed by atoms with Crippen molar-refractivity contribution in [1.82, 2.24) is 0 Å². The van der Waals surface area contributed by atoms with Crippen molar-refractivity contribution in [1.29, 1.82) is 0 Å². The van der Waals surface area contributed by atoms with Crippen LogP contribution in [0.4, 0.5) is 0 Å². The van der Waals surface area contributed by atoms with Crippen molar-refractivity contribution in [3.05, 3.63) is 0 Å². The minimum Gasteiger partial charge on any atom is -0.894 e. The SMILES string of the molecule is P.[Al+3].[O-][Si](O)(O)O.[O-][Si]([O-])([O-])[O-].[Zn+2]. The smallest absolute Gasteiger partial charge is 0.894 e. The Labute approximate surface area is 103 Å². The van der Waals surface area contributed by atoms with Crippen LogP contribution in [0.3, 0.4) is 0 Å². The number of hydrogen-bond donors (Lipinski definition) is 3. The fourth-order valence-electron chi connectivity index (χ4n) is 0. The fraction of sp³-hybridized carbons (Fsp3) is 0. The first kappa shape index (κ1) is 29.3. The summed E-state index contributed by atoms with van der Waals surface area (Å²) in [5.74, 6) is 0. The zero-order valence-electron chi connectivity index (χ0n) is 6.37. The average Bonchev–Trinajstić information content (AvgIpc) is 1.12. The van der Waals surface area contributed by atoms with E-state index in [0.717, 1.165) is 0 Å². The normalized spacial score (nSPS) is 9.23. The maximum Gasteiger partial charge on any atom is 3.00 e. The van der Waals surface area contributed by atoms with Gasteiger partial charge in [0.25, 0.3) is 0 Å². The summed E-state index contributed by atoms with van der Waals surface area (Å²) in [5, 5.41) is 0. The molecule has 1 atom stereocenters. The summed E-state index contributed by atoms with van der Waals surface area (Å²) in [6, 6.07) is 0. The molecular weight excluding hydrogens is 308 g/mol. The van der Waals surface area contributed by atoms with Crippen molar-refractivity contribution < 1.29 is 57.8 Å². The Kier molecular flexibility index (Phi) is 26.6. The van der Waals surface area contributed by atoms with Gasteiger partial charge in [0.15, 0.2) is 0 Å². The molecule has 0 saturated heterocycles. The molecule has 0 aromatic carbocycles. The summed E-state index contributed by atoms with van der Waals surface area (Å²) >= 11 is 0. The largest absolute Gasteiger partial charge is 3.00 e. The van der Waals surface area contributed by atoms with Gasteiger partial charge in [-0.05, 0) is 0 Å². The fourth-order valence-corrected chi connectivity index (χ4v) is 0. The van der Waals surface area contributed by atoms with E-state index in [2.05, 4.69) is 0 Å². The van der Waals surface area contributed by atoms with Gasteiger partial charge < -0.3 is 47.4 Å². The molecule has 0 rings (SSSR count). The maximum atomic E-state index is 8.91. The molecule has 0 aliphatic heterocycles. The van der Waals surface area contributed by atoms with Gasteiger partial charge in [-0.15, -0.1) is 0 Å². The second-order valence-corrected chi connectivity index (χ2v) is 3.22. The first-order valence-corrected chi connectivity index (χ1v) is 5.07. The van der Waals surface area contributed by atoms with Crippen LogP contribution >= 0.6 is 9.90 Å². The van der Waals surface area contributed by atoms with E-state index in [1.54, 1.807) is 0 Å². The van der Waals surface area contributed by atoms with Crippen LogP contribution in [0.2, 0.25) is 0 Å². The Bertz CT molecular complexity index is 65.1.